The quantitative estimate of drug-likeness (QED) is 0.728. The smallest absolute Gasteiger partial charge is 0.109 e. The molecule has 0 saturated heterocycles. The molecule has 2 N–H and O–H groups in total. The van der Waals surface area contributed by atoms with Gasteiger partial charge in [0.05, 0.1) is 23.3 Å². The van der Waals surface area contributed by atoms with Gasteiger partial charge in [0.25, 0.3) is 0 Å². The van der Waals surface area contributed by atoms with Crippen molar-refractivity contribution in [3.63, 3.8) is 0 Å². The summed E-state index contributed by atoms with van der Waals surface area (Å²) in [5.41, 5.74) is 9.66. The zero-order valence-electron chi connectivity index (χ0n) is 11.2. The predicted octanol–water partition coefficient (Wildman–Crippen LogP) is 1.96. The number of nitrogens with two attached hydrogens (primary N) is 1. The highest BCUT2D eigenvalue weighted by molar-refractivity contribution is 5.79. The Balaban J connectivity index is 2.10. The molecule has 3 rings (SSSR count). The maximum atomic E-state index is 5.82. The Bertz CT molecular complexity index is 723. The Kier molecular flexibility index (Phi) is 2.74. The fraction of sp³-hybridized carbons (Fsp3) is 0.286. The number of aromatic nitrogens is 4. The van der Waals surface area contributed by atoms with E-state index in [-0.39, 0.29) is 0 Å². The number of nitrogen functional groups attached to an aromatic ring is 1. The Labute approximate surface area is 111 Å². The maximum Gasteiger partial charge on any atom is 0.109 e. The fourth-order valence-corrected chi connectivity index (χ4v) is 2.35. The molecule has 0 aliphatic carbocycles. The van der Waals surface area contributed by atoms with Crippen molar-refractivity contribution in [2.24, 2.45) is 7.05 Å². The van der Waals surface area contributed by atoms with E-state index in [1.165, 1.54) is 0 Å². The largest absolute Gasteiger partial charge is 0.399 e. The standard InChI is InChI=1S/C14H17N5/c1-3-14-16-12-8-10(15)4-5-13(12)19(14)9-11-6-7-18(2)17-11/h4-8H,3,9,15H2,1-2H3. The molecule has 1 aromatic carbocycles. The van der Waals surface area contributed by atoms with E-state index >= 15 is 0 Å². The molecule has 0 saturated carbocycles. The average Bonchev–Trinajstić information content (AvgIpc) is 2.94. The van der Waals surface area contributed by atoms with Gasteiger partial charge in [0.1, 0.15) is 5.82 Å². The third-order valence-corrected chi connectivity index (χ3v) is 3.26. The van der Waals surface area contributed by atoms with Crippen LogP contribution < -0.4 is 5.73 Å². The Morgan fingerprint density at radius 2 is 2.11 bits per heavy atom. The molecule has 0 atom stereocenters. The molecular formula is C14H17N5. The molecule has 3 aromatic rings. The van der Waals surface area contributed by atoms with Gasteiger partial charge in [-0.05, 0) is 24.3 Å². The van der Waals surface area contributed by atoms with Crippen LogP contribution in [0.1, 0.15) is 18.4 Å². The van der Waals surface area contributed by atoms with Gasteiger partial charge in [-0.1, -0.05) is 6.92 Å². The van der Waals surface area contributed by atoms with Crippen LogP contribution in [-0.4, -0.2) is 19.3 Å². The number of imidazole rings is 1. The number of fused-ring (bicyclic) bond motifs is 1. The van der Waals surface area contributed by atoms with Crippen molar-refractivity contribution in [3.8, 4) is 0 Å². The number of rotatable bonds is 3. The van der Waals surface area contributed by atoms with E-state index in [4.69, 9.17) is 5.73 Å². The van der Waals surface area contributed by atoms with E-state index in [0.29, 0.717) is 0 Å². The first-order chi connectivity index (χ1) is 9.17. The molecule has 2 heterocycles. The topological polar surface area (TPSA) is 61.7 Å². The molecular weight excluding hydrogens is 238 g/mol. The van der Waals surface area contributed by atoms with E-state index in [1.807, 2.05) is 42.2 Å². The number of aryl methyl sites for hydroxylation is 2. The summed E-state index contributed by atoms with van der Waals surface area (Å²) in [5.74, 6) is 1.06. The molecule has 5 heteroatoms. The number of hydrogen-bond acceptors (Lipinski definition) is 3. The predicted molar refractivity (Wildman–Crippen MR) is 75.8 cm³/mol. The third-order valence-electron chi connectivity index (χ3n) is 3.26. The Morgan fingerprint density at radius 1 is 1.26 bits per heavy atom. The van der Waals surface area contributed by atoms with Gasteiger partial charge in [0.15, 0.2) is 0 Å². The van der Waals surface area contributed by atoms with Crippen LogP contribution in [0.5, 0.6) is 0 Å². The molecule has 0 radical (unpaired) electrons. The third kappa shape index (κ3) is 2.07. The molecule has 2 aromatic heterocycles. The molecule has 0 aliphatic heterocycles. The highest BCUT2D eigenvalue weighted by Crippen LogP contribution is 2.20. The number of nitrogens with zero attached hydrogens (tertiary/aromatic N) is 4. The minimum absolute atomic E-state index is 0.741. The van der Waals surface area contributed by atoms with Crippen molar-refractivity contribution in [2.75, 3.05) is 5.73 Å². The SMILES string of the molecule is CCc1nc2cc(N)ccc2n1Cc1ccn(C)n1. The van der Waals surface area contributed by atoms with Gasteiger partial charge < -0.3 is 10.3 Å². The van der Waals surface area contributed by atoms with Crippen molar-refractivity contribution >= 4 is 16.7 Å². The van der Waals surface area contributed by atoms with Crippen LogP contribution in [0.4, 0.5) is 5.69 Å². The molecule has 0 unspecified atom stereocenters. The lowest BCUT2D eigenvalue weighted by molar-refractivity contribution is 0.693. The summed E-state index contributed by atoms with van der Waals surface area (Å²) in [6, 6.07) is 7.89. The summed E-state index contributed by atoms with van der Waals surface area (Å²) < 4.78 is 4.02. The van der Waals surface area contributed by atoms with Crippen LogP contribution in [0.2, 0.25) is 0 Å². The zero-order chi connectivity index (χ0) is 13.4. The van der Waals surface area contributed by atoms with Crippen LogP contribution in [-0.2, 0) is 20.0 Å². The van der Waals surface area contributed by atoms with Crippen molar-refractivity contribution in [2.45, 2.75) is 19.9 Å². The highest BCUT2D eigenvalue weighted by Gasteiger charge is 2.10. The van der Waals surface area contributed by atoms with Crippen LogP contribution in [0.25, 0.3) is 11.0 Å². The van der Waals surface area contributed by atoms with Gasteiger partial charge in [0, 0.05) is 25.4 Å². The summed E-state index contributed by atoms with van der Waals surface area (Å²) >= 11 is 0. The lowest BCUT2D eigenvalue weighted by Crippen LogP contribution is -2.05. The van der Waals surface area contributed by atoms with Gasteiger partial charge in [-0.15, -0.1) is 0 Å². The molecule has 0 spiro atoms. The second-order valence-electron chi connectivity index (χ2n) is 4.70. The van der Waals surface area contributed by atoms with Crippen molar-refractivity contribution in [1.29, 1.82) is 0 Å². The average molecular weight is 255 g/mol. The molecule has 0 amide bonds. The molecule has 0 fully saturated rings. The van der Waals surface area contributed by atoms with Crippen LogP contribution in [0.3, 0.4) is 0 Å². The van der Waals surface area contributed by atoms with Gasteiger partial charge >= 0.3 is 0 Å². The van der Waals surface area contributed by atoms with Crippen LogP contribution in [0, 0.1) is 0 Å². The van der Waals surface area contributed by atoms with E-state index < -0.39 is 0 Å². The second-order valence-corrected chi connectivity index (χ2v) is 4.70. The molecule has 0 bridgehead atoms. The van der Waals surface area contributed by atoms with Crippen molar-refractivity contribution in [1.82, 2.24) is 19.3 Å². The summed E-state index contributed by atoms with van der Waals surface area (Å²) in [5, 5.41) is 4.43. The minimum atomic E-state index is 0.741. The molecule has 0 aliphatic rings. The first kappa shape index (κ1) is 11.8. The summed E-state index contributed by atoms with van der Waals surface area (Å²) in [7, 11) is 1.93. The molecule has 19 heavy (non-hydrogen) atoms. The van der Waals surface area contributed by atoms with Gasteiger partial charge in [-0.3, -0.25) is 4.68 Å². The van der Waals surface area contributed by atoms with Gasteiger partial charge in [0.2, 0.25) is 0 Å². The van der Waals surface area contributed by atoms with Crippen LogP contribution >= 0.6 is 0 Å². The Hall–Kier alpha value is -2.30. The summed E-state index contributed by atoms with van der Waals surface area (Å²) in [6.07, 6.45) is 2.85. The van der Waals surface area contributed by atoms with Crippen LogP contribution in [0.15, 0.2) is 30.5 Å². The highest BCUT2D eigenvalue weighted by atomic mass is 15.3. The lowest BCUT2D eigenvalue weighted by atomic mass is 10.3. The number of anilines is 1. The van der Waals surface area contributed by atoms with Gasteiger partial charge in [-0.2, -0.15) is 5.10 Å². The second kappa shape index (κ2) is 4.42. The van der Waals surface area contributed by atoms with Crippen molar-refractivity contribution < 1.29 is 0 Å². The fourth-order valence-electron chi connectivity index (χ4n) is 2.35. The van der Waals surface area contributed by atoms with E-state index in [2.05, 4.69) is 21.6 Å². The summed E-state index contributed by atoms with van der Waals surface area (Å²) in [4.78, 5) is 4.64. The summed E-state index contributed by atoms with van der Waals surface area (Å²) in [6.45, 7) is 2.85. The maximum absolute atomic E-state index is 5.82. The number of benzene rings is 1. The van der Waals surface area contributed by atoms with E-state index in [0.717, 1.165) is 41.2 Å². The Morgan fingerprint density at radius 3 is 2.79 bits per heavy atom. The van der Waals surface area contributed by atoms with E-state index in [9.17, 15) is 0 Å². The van der Waals surface area contributed by atoms with E-state index in [1.54, 1.807) is 0 Å². The minimum Gasteiger partial charge on any atom is -0.399 e. The monoisotopic (exact) mass is 255 g/mol. The molecule has 98 valence electrons. The van der Waals surface area contributed by atoms with Crippen molar-refractivity contribution in [3.05, 3.63) is 42.0 Å². The first-order valence-corrected chi connectivity index (χ1v) is 6.40. The van der Waals surface area contributed by atoms with Gasteiger partial charge in [-0.25, -0.2) is 4.98 Å². The molecule has 5 nitrogen and oxygen atoms in total. The first-order valence-electron chi connectivity index (χ1n) is 6.40. The normalized spacial score (nSPS) is 11.3. The zero-order valence-corrected chi connectivity index (χ0v) is 11.2. The number of hydrogen-bond donors (Lipinski definition) is 1. The lowest BCUT2D eigenvalue weighted by Gasteiger charge is -2.06.